The molecule has 1 aromatic rings. The third kappa shape index (κ3) is 1.90. The normalized spacial score (nSPS) is 14.3. The van der Waals surface area contributed by atoms with Gasteiger partial charge in [0.2, 0.25) is 0 Å². The molecule has 3 nitrogen and oxygen atoms in total. The number of carbonyl (C=O) groups is 1. The van der Waals surface area contributed by atoms with Crippen LogP contribution in [0, 0.1) is 0 Å². The summed E-state index contributed by atoms with van der Waals surface area (Å²) in [6.07, 6.45) is 3.43. The molecule has 0 atom stereocenters. The molecule has 16 heavy (non-hydrogen) atoms. The van der Waals surface area contributed by atoms with Gasteiger partial charge in [0.25, 0.3) is 5.91 Å². The minimum absolute atomic E-state index is 0.101. The number of hydrogen-bond donors (Lipinski definition) is 1. The lowest BCUT2D eigenvalue weighted by Gasteiger charge is -2.14. The van der Waals surface area contributed by atoms with Crippen molar-refractivity contribution in [2.45, 2.75) is 32.7 Å². The molecule has 0 saturated heterocycles. The molecule has 1 aliphatic rings. The summed E-state index contributed by atoms with van der Waals surface area (Å²) in [5.74, 6) is 0.101. The van der Waals surface area contributed by atoms with Crippen LogP contribution in [0.15, 0.2) is 18.2 Å². The molecule has 1 heterocycles. The third-order valence-corrected chi connectivity index (χ3v) is 3.08. The third-order valence-electron chi connectivity index (χ3n) is 3.08. The van der Waals surface area contributed by atoms with Crippen LogP contribution in [0.5, 0.6) is 0 Å². The average molecular weight is 218 g/mol. The van der Waals surface area contributed by atoms with Crippen molar-refractivity contribution >= 4 is 11.6 Å². The number of hydrogen-bond acceptors (Lipinski definition) is 2. The van der Waals surface area contributed by atoms with Crippen molar-refractivity contribution in [1.29, 1.82) is 0 Å². The minimum Gasteiger partial charge on any atom is -0.398 e. The van der Waals surface area contributed by atoms with Crippen molar-refractivity contribution in [3.05, 3.63) is 29.3 Å². The van der Waals surface area contributed by atoms with Crippen LogP contribution >= 0.6 is 0 Å². The lowest BCUT2D eigenvalue weighted by Crippen LogP contribution is -2.25. The fourth-order valence-corrected chi connectivity index (χ4v) is 2.18. The smallest absolute Gasteiger partial charge is 0.256 e. The average Bonchev–Trinajstić information content (AvgIpc) is 2.58. The zero-order chi connectivity index (χ0) is 11.5. The highest BCUT2D eigenvalue weighted by Gasteiger charge is 2.28. The summed E-state index contributed by atoms with van der Waals surface area (Å²) in [5, 5.41) is 0. The number of amides is 1. The first kappa shape index (κ1) is 11.0. The topological polar surface area (TPSA) is 46.3 Å². The van der Waals surface area contributed by atoms with Gasteiger partial charge in [0.05, 0.1) is 5.56 Å². The van der Waals surface area contributed by atoms with Gasteiger partial charge in [-0.05, 0) is 18.1 Å². The molecule has 0 spiro atoms. The van der Waals surface area contributed by atoms with Crippen LogP contribution in [-0.4, -0.2) is 17.4 Å². The highest BCUT2D eigenvalue weighted by Crippen LogP contribution is 2.27. The van der Waals surface area contributed by atoms with Crippen molar-refractivity contribution in [2.24, 2.45) is 0 Å². The first-order valence-electron chi connectivity index (χ1n) is 5.90. The predicted octanol–water partition coefficient (Wildman–Crippen LogP) is 2.41. The van der Waals surface area contributed by atoms with E-state index in [9.17, 15) is 4.79 Å². The van der Waals surface area contributed by atoms with E-state index in [2.05, 4.69) is 6.92 Å². The summed E-state index contributed by atoms with van der Waals surface area (Å²) in [5.41, 5.74) is 8.24. The maximum atomic E-state index is 12.1. The molecular weight excluding hydrogens is 200 g/mol. The largest absolute Gasteiger partial charge is 0.398 e. The SMILES string of the molecule is CCCCCN1Cc2cccc(N)c2C1=O. The molecule has 1 aromatic carbocycles. The number of rotatable bonds is 4. The molecule has 2 rings (SSSR count). The molecule has 1 aliphatic heterocycles. The molecule has 1 amide bonds. The van der Waals surface area contributed by atoms with Gasteiger partial charge in [-0.1, -0.05) is 31.9 Å². The summed E-state index contributed by atoms with van der Waals surface area (Å²) in [7, 11) is 0. The number of anilines is 1. The van der Waals surface area contributed by atoms with Crippen molar-refractivity contribution in [3.8, 4) is 0 Å². The monoisotopic (exact) mass is 218 g/mol. The van der Waals surface area contributed by atoms with Crippen LogP contribution in [-0.2, 0) is 6.54 Å². The standard InChI is InChI=1S/C13H18N2O/c1-2-3-4-8-15-9-10-6-5-7-11(14)12(10)13(15)16/h5-7H,2-4,8-9,14H2,1H3. The number of fused-ring (bicyclic) bond motifs is 1. The van der Waals surface area contributed by atoms with Gasteiger partial charge in [-0.15, -0.1) is 0 Å². The van der Waals surface area contributed by atoms with Crippen LogP contribution in [0.2, 0.25) is 0 Å². The first-order chi connectivity index (χ1) is 7.74. The summed E-state index contributed by atoms with van der Waals surface area (Å²) >= 11 is 0. The number of nitrogens with two attached hydrogens (primary N) is 1. The molecule has 3 heteroatoms. The Morgan fingerprint density at radius 3 is 2.88 bits per heavy atom. The van der Waals surface area contributed by atoms with E-state index in [0.29, 0.717) is 5.69 Å². The second-order valence-corrected chi connectivity index (χ2v) is 4.32. The second-order valence-electron chi connectivity index (χ2n) is 4.32. The molecule has 0 saturated carbocycles. The Morgan fingerprint density at radius 1 is 1.38 bits per heavy atom. The van der Waals surface area contributed by atoms with E-state index in [-0.39, 0.29) is 5.91 Å². The van der Waals surface area contributed by atoms with E-state index >= 15 is 0 Å². The molecule has 86 valence electrons. The Hall–Kier alpha value is -1.51. The van der Waals surface area contributed by atoms with E-state index < -0.39 is 0 Å². The van der Waals surface area contributed by atoms with E-state index in [4.69, 9.17) is 5.73 Å². The molecule has 0 unspecified atom stereocenters. The van der Waals surface area contributed by atoms with Crippen LogP contribution in [0.25, 0.3) is 0 Å². The highest BCUT2D eigenvalue weighted by atomic mass is 16.2. The quantitative estimate of drug-likeness (QED) is 0.623. The maximum Gasteiger partial charge on any atom is 0.256 e. The molecule has 0 radical (unpaired) electrons. The zero-order valence-electron chi connectivity index (χ0n) is 9.70. The van der Waals surface area contributed by atoms with Crippen molar-refractivity contribution in [3.63, 3.8) is 0 Å². The maximum absolute atomic E-state index is 12.1. The number of carbonyl (C=O) groups excluding carboxylic acids is 1. The van der Waals surface area contributed by atoms with Gasteiger partial charge >= 0.3 is 0 Å². The lowest BCUT2D eigenvalue weighted by atomic mass is 10.1. The van der Waals surface area contributed by atoms with E-state index in [0.717, 1.165) is 30.6 Å². The minimum atomic E-state index is 0.101. The Kier molecular flexibility index (Phi) is 3.13. The van der Waals surface area contributed by atoms with Gasteiger partial charge in [-0.2, -0.15) is 0 Å². The summed E-state index contributed by atoms with van der Waals surface area (Å²) in [6.45, 7) is 3.74. The first-order valence-corrected chi connectivity index (χ1v) is 5.90. The second kappa shape index (κ2) is 4.56. The molecular formula is C13H18N2O. The molecule has 0 bridgehead atoms. The lowest BCUT2D eigenvalue weighted by molar-refractivity contribution is 0.0776. The van der Waals surface area contributed by atoms with Gasteiger partial charge in [-0.3, -0.25) is 4.79 Å². The summed E-state index contributed by atoms with van der Waals surface area (Å²) < 4.78 is 0. The van der Waals surface area contributed by atoms with Crippen molar-refractivity contribution < 1.29 is 4.79 Å². The molecule has 0 fully saturated rings. The number of nitrogen functional groups attached to an aromatic ring is 1. The fourth-order valence-electron chi connectivity index (χ4n) is 2.18. The Morgan fingerprint density at radius 2 is 2.19 bits per heavy atom. The van der Waals surface area contributed by atoms with Gasteiger partial charge in [0, 0.05) is 18.8 Å². The van der Waals surface area contributed by atoms with Gasteiger partial charge in [-0.25, -0.2) is 0 Å². The predicted molar refractivity (Wildman–Crippen MR) is 65.1 cm³/mol. The highest BCUT2D eigenvalue weighted by molar-refractivity contribution is 6.02. The van der Waals surface area contributed by atoms with E-state index in [1.54, 1.807) is 6.07 Å². The van der Waals surface area contributed by atoms with Crippen LogP contribution in [0.4, 0.5) is 5.69 Å². The number of unbranched alkanes of at least 4 members (excludes halogenated alkanes) is 2. The van der Waals surface area contributed by atoms with E-state index in [1.807, 2.05) is 17.0 Å². The molecule has 2 N–H and O–H groups in total. The van der Waals surface area contributed by atoms with Crippen LogP contribution in [0.3, 0.4) is 0 Å². The van der Waals surface area contributed by atoms with Crippen molar-refractivity contribution in [2.75, 3.05) is 12.3 Å². The number of benzene rings is 1. The zero-order valence-corrected chi connectivity index (χ0v) is 9.70. The van der Waals surface area contributed by atoms with Crippen LogP contribution in [0.1, 0.15) is 42.1 Å². The number of nitrogens with zero attached hydrogens (tertiary/aromatic N) is 1. The van der Waals surface area contributed by atoms with Gasteiger partial charge in [0.15, 0.2) is 0 Å². The van der Waals surface area contributed by atoms with Crippen LogP contribution < -0.4 is 5.73 Å². The van der Waals surface area contributed by atoms with Crippen molar-refractivity contribution in [1.82, 2.24) is 4.90 Å². The van der Waals surface area contributed by atoms with Gasteiger partial charge < -0.3 is 10.6 Å². The Labute approximate surface area is 96.2 Å². The van der Waals surface area contributed by atoms with E-state index in [1.165, 1.54) is 12.8 Å². The summed E-state index contributed by atoms with van der Waals surface area (Å²) in [4.78, 5) is 14.0. The fraction of sp³-hybridized carbons (Fsp3) is 0.462. The summed E-state index contributed by atoms with van der Waals surface area (Å²) in [6, 6.07) is 5.70. The molecule has 0 aromatic heterocycles. The Balaban J connectivity index is 2.09. The Bertz CT molecular complexity index is 401. The van der Waals surface area contributed by atoms with Gasteiger partial charge in [0.1, 0.15) is 0 Å². The molecule has 0 aliphatic carbocycles.